The number of hydrogen-bond acceptors (Lipinski definition) is 5. The summed E-state index contributed by atoms with van der Waals surface area (Å²) in [5.74, 6) is 0.840. The summed E-state index contributed by atoms with van der Waals surface area (Å²) >= 11 is 7.74. The first-order valence-electron chi connectivity index (χ1n) is 11.0. The van der Waals surface area contributed by atoms with E-state index in [4.69, 9.17) is 26.1 Å². The highest BCUT2D eigenvalue weighted by molar-refractivity contribution is 7.19. The number of aryl methyl sites for hydroxylation is 1. The molecule has 0 unspecified atom stereocenters. The summed E-state index contributed by atoms with van der Waals surface area (Å²) in [5, 5.41) is 2.81. The van der Waals surface area contributed by atoms with E-state index in [1.165, 1.54) is 30.6 Å². The van der Waals surface area contributed by atoms with Gasteiger partial charge >= 0.3 is 6.09 Å². The van der Waals surface area contributed by atoms with Crippen molar-refractivity contribution >= 4 is 29.0 Å². The molecular weight excluding hydrogens is 444 g/mol. The Bertz CT molecular complexity index is 1050. The Hall–Kier alpha value is -2.57. The molecule has 7 heteroatoms. The second kappa shape index (κ2) is 10.8. The third kappa shape index (κ3) is 6.02. The smallest absolute Gasteiger partial charge is 0.407 e. The van der Waals surface area contributed by atoms with Gasteiger partial charge in [-0.25, -0.2) is 9.78 Å². The van der Waals surface area contributed by atoms with E-state index < -0.39 is 6.09 Å². The van der Waals surface area contributed by atoms with Gasteiger partial charge in [-0.05, 0) is 61.9 Å². The summed E-state index contributed by atoms with van der Waals surface area (Å²) in [4.78, 5) is 17.8. The second-order valence-electron chi connectivity index (χ2n) is 7.98. The van der Waals surface area contributed by atoms with Crippen LogP contribution >= 0.6 is 22.9 Å². The topological polar surface area (TPSA) is 60.5 Å². The molecule has 1 N–H and O–H groups in total. The van der Waals surface area contributed by atoms with E-state index in [1.807, 2.05) is 55.5 Å². The molecule has 1 aliphatic rings. The Morgan fingerprint density at radius 2 is 1.94 bits per heavy atom. The van der Waals surface area contributed by atoms with Gasteiger partial charge in [-0.3, -0.25) is 0 Å². The minimum absolute atomic E-state index is 0.229. The Labute approximate surface area is 197 Å². The van der Waals surface area contributed by atoms with Crippen molar-refractivity contribution in [2.24, 2.45) is 0 Å². The van der Waals surface area contributed by atoms with Crippen LogP contribution in [-0.2, 0) is 17.9 Å². The maximum atomic E-state index is 12.1. The van der Waals surface area contributed by atoms with Gasteiger partial charge in [0.05, 0.1) is 26.7 Å². The quantitative estimate of drug-likeness (QED) is 0.407. The van der Waals surface area contributed by atoms with Gasteiger partial charge in [0.1, 0.15) is 12.4 Å². The molecule has 168 valence electrons. The van der Waals surface area contributed by atoms with Gasteiger partial charge in [0.15, 0.2) is 0 Å². The fourth-order valence-corrected chi connectivity index (χ4v) is 5.09. The summed E-state index contributed by atoms with van der Waals surface area (Å²) in [6.45, 7) is 2.51. The van der Waals surface area contributed by atoms with E-state index in [9.17, 15) is 4.79 Å². The van der Waals surface area contributed by atoms with Gasteiger partial charge in [-0.15, -0.1) is 11.3 Å². The monoisotopic (exact) mass is 470 g/mol. The van der Waals surface area contributed by atoms with Crippen molar-refractivity contribution in [1.82, 2.24) is 10.3 Å². The van der Waals surface area contributed by atoms with E-state index >= 15 is 0 Å². The van der Waals surface area contributed by atoms with Crippen LogP contribution in [0.5, 0.6) is 5.75 Å². The van der Waals surface area contributed by atoms with Crippen molar-refractivity contribution < 1.29 is 14.3 Å². The minimum atomic E-state index is -0.470. The highest BCUT2D eigenvalue weighted by atomic mass is 35.5. The number of nitrogens with zero attached hydrogens (tertiary/aromatic N) is 1. The zero-order valence-electron chi connectivity index (χ0n) is 18.1. The lowest BCUT2D eigenvalue weighted by molar-refractivity contribution is 0.139. The Morgan fingerprint density at radius 3 is 2.69 bits per heavy atom. The van der Waals surface area contributed by atoms with Crippen molar-refractivity contribution in [3.63, 3.8) is 0 Å². The van der Waals surface area contributed by atoms with Crippen LogP contribution in [0.2, 0.25) is 4.34 Å². The molecule has 5 nitrogen and oxygen atoms in total. The number of halogens is 1. The number of benzene rings is 1. The molecular formula is C25H27ClN2O3S. The zero-order valence-corrected chi connectivity index (χ0v) is 19.7. The van der Waals surface area contributed by atoms with E-state index in [0.717, 1.165) is 46.0 Å². The number of carbonyl (C=O) groups excluding carboxylic acids is 1. The van der Waals surface area contributed by atoms with Crippen LogP contribution < -0.4 is 10.1 Å². The van der Waals surface area contributed by atoms with E-state index in [0.29, 0.717) is 10.9 Å². The number of aromatic nitrogens is 1. The number of amides is 1. The molecule has 2 aromatic heterocycles. The molecule has 2 heterocycles. The number of alkyl carbamates (subject to hydrolysis) is 1. The van der Waals surface area contributed by atoms with Gasteiger partial charge in [0.2, 0.25) is 0 Å². The van der Waals surface area contributed by atoms with Crippen LogP contribution in [0.15, 0.2) is 48.5 Å². The van der Waals surface area contributed by atoms with Crippen molar-refractivity contribution in [3.8, 4) is 16.3 Å². The molecule has 32 heavy (non-hydrogen) atoms. The average molecular weight is 471 g/mol. The summed E-state index contributed by atoms with van der Waals surface area (Å²) in [6, 6.07) is 15.4. The van der Waals surface area contributed by atoms with Crippen LogP contribution in [-0.4, -0.2) is 17.2 Å². The van der Waals surface area contributed by atoms with Gasteiger partial charge in [-0.1, -0.05) is 48.4 Å². The molecule has 1 amide bonds. The number of nitrogens with one attached hydrogen (secondary N) is 1. The normalized spacial score (nSPS) is 14.2. The summed E-state index contributed by atoms with van der Waals surface area (Å²) in [6.07, 6.45) is 5.79. The molecule has 0 spiro atoms. The number of pyridine rings is 1. The molecule has 0 bridgehead atoms. The van der Waals surface area contributed by atoms with Crippen molar-refractivity contribution in [2.45, 2.75) is 58.3 Å². The first-order chi connectivity index (χ1) is 15.6. The summed E-state index contributed by atoms with van der Waals surface area (Å²) < 4.78 is 12.1. The number of ether oxygens (including phenoxy) is 2. The van der Waals surface area contributed by atoms with Crippen molar-refractivity contribution in [3.05, 3.63) is 69.7 Å². The molecule has 1 saturated carbocycles. The lowest BCUT2D eigenvalue weighted by Crippen LogP contribution is -2.23. The first-order valence-corrected chi connectivity index (χ1v) is 12.2. The van der Waals surface area contributed by atoms with Crippen molar-refractivity contribution in [2.75, 3.05) is 0 Å². The summed E-state index contributed by atoms with van der Waals surface area (Å²) in [7, 11) is 0. The van der Waals surface area contributed by atoms with Gasteiger partial charge in [0.25, 0.3) is 0 Å². The third-order valence-electron chi connectivity index (χ3n) is 5.53. The standard InChI is InChI=1S/C25H27ClN2O3S/c1-17-22(31-20-10-6-3-7-11-20)13-12-21(28-17)24-19(14-23(26)32-24)15-27-25(29)30-16-18-8-4-2-5-9-18/h2,4-5,8-9,12-14,20H,3,6-7,10-11,15-16H2,1H3,(H,27,29). The fraction of sp³-hybridized carbons (Fsp3) is 0.360. The van der Waals surface area contributed by atoms with Crippen LogP contribution in [0.25, 0.3) is 10.6 Å². The number of carbonyl (C=O) groups is 1. The van der Waals surface area contributed by atoms with Gasteiger partial charge < -0.3 is 14.8 Å². The van der Waals surface area contributed by atoms with Gasteiger partial charge in [-0.2, -0.15) is 0 Å². The molecule has 0 aliphatic heterocycles. The highest BCUT2D eigenvalue weighted by Gasteiger charge is 2.18. The molecule has 1 fully saturated rings. The van der Waals surface area contributed by atoms with E-state index in [-0.39, 0.29) is 12.7 Å². The first kappa shape index (κ1) is 22.6. The molecule has 0 saturated heterocycles. The maximum Gasteiger partial charge on any atom is 0.407 e. The third-order valence-corrected chi connectivity index (χ3v) is 6.86. The number of thiophene rings is 1. The SMILES string of the molecule is Cc1nc(-c2sc(Cl)cc2CNC(=O)OCc2ccccc2)ccc1OC1CCCCC1. The number of rotatable bonds is 7. The molecule has 1 aromatic carbocycles. The predicted octanol–water partition coefficient (Wildman–Crippen LogP) is 6.91. The number of hydrogen-bond donors (Lipinski definition) is 1. The lowest BCUT2D eigenvalue weighted by Gasteiger charge is -2.23. The van der Waals surface area contributed by atoms with E-state index in [2.05, 4.69) is 5.32 Å². The highest BCUT2D eigenvalue weighted by Crippen LogP contribution is 2.36. The average Bonchev–Trinajstić information content (AvgIpc) is 3.19. The Balaban J connectivity index is 1.39. The van der Waals surface area contributed by atoms with Crippen LogP contribution in [0.3, 0.4) is 0 Å². The van der Waals surface area contributed by atoms with Crippen LogP contribution in [0, 0.1) is 6.92 Å². The molecule has 3 aromatic rings. The molecule has 1 aliphatic carbocycles. The minimum Gasteiger partial charge on any atom is -0.489 e. The van der Waals surface area contributed by atoms with Crippen LogP contribution in [0.1, 0.15) is 48.9 Å². The van der Waals surface area contributed by atoms with Gasteiger partial charge in [0, 0.05) is 6.54 Å². The summed E-state index contributed by atoms with van der Waals surface area (Å²) in [5.41, 5.74) is 3.53. The molecule has 4 rings (SSSR count). The second-order valence-corrected chi connectivity index (χ2v) is 9.66. The molecule has 0 atom stereocenters. The fourth-order valence-electron chi connectivity index (χ4n) is 3.85. The van der Waals surface area contributed by atoms with Crippen molar-refractivity contribution in [1.29, 1.82) is 0 Å². The molecule has 0 radical (unpaired) electrons. The largest absolute Gasteiger partial charge is 0.489 e. The van der Waals surface area contributed by atoms with Crippen LogP contribution in [0.4, 0.5) is 4.79 Å². The maximum absolute atomic E-state index is 12.1. The predicted molar refractivity (Wildman–Crippen MR) is 128 cm³/mol. The zero-order chi connectivity index (χ0) is 22.3. The Morgan fingerprint density at radius 1 is 1.16 bits per heavy atom. The van der Waals surface area contributed by atoms with E-state index in [1.54, 1.807) is 0 Å². The lowest BCUT2D eigenvalue weighted by atomic mass is 9.98. The Kier molecular flexibility index (Phi) is 7.66.